The second-order valence-electron chi connectivity index (χ2n) is 5.48. The van der Waals surface area contributed by atoms with Gasteiger partial charge in [-0.25, -0.2) is 0 Å². The second-order valence-corrected chi connectivity index (χ2v) is 5.48. The van der Waals surface area contributed by atoms with Crippen LogP contribution in [0.1, 0.15) is 47.5 Å². The highest BCUT2D eigenvalue weighted by atomic mass is 14.4. The van der Waals surface area contributed by atoms with E-state index in [0.29, 0.717) is 10.8 Å². The maximum Gasteiger partial charge on any atom is -0.0123 e. The van der Waals surface area contributed by atoms with E-state index in [4.69, 9.17) is 0 Å². The SMILES string of the molecule is CC(C)C1(C)C=CC(C)(C)CC1. The quantitative estimate of drug-likeness (QED) is 0.516. The molecule has 0 spiro atoms. The Morgan fingerprint density at radius 2 is 1.58 bits per heavy atom. The van der Waals surface area contributed by atoms with Crippen molar-refractivity contribution in [3.8, 4) is 0 Å². The van der Waals surface area contributed by atoms with Gasteiger partial charge >= 0.3 is 0 Å². The average Bonchev–Trinajstić information content (AvgIpc) is 1.96. The minimum absolute atomic E-state index is 0.439. The third-order valence-corrected chi connectivity index (χ3v) is 3.54. The van der Waals surface area contributed by atoms with E-state index >= 15 is 0 Å². The summed E-state index contributed by atoms with van der Waals surface area (Å²) in [5.74, 6) is 0.768. The van der Waals surface area contributed by atoms with Crippen LogP contribution in [0, 0.1) is 16.7 Å². The van der Waals surface area contributed by atoms with Crippen LogP contribution in [0.5, 0.6) is 0 Å². The van der Waals surface area contributed by atoms with Crippen LogP contribution in [0.15, 0.2) is 12.2 Å². The van der Waals surface area contributed by atoms with Crippen molar-refractivity contribution in [1.29, 1.82) is 0 Å². The van der Waals surface area contributed by atoms with Crippen molar-refractivity contribution < 1.29 is 0 Å². The first-order valence-electron chi connectivity index (χ1n) is 5.06. The monoisotopic (exact) mass is 166 g/mol. The molecule has 0 aromatic carbocycles. The van der Waals surface area contributed by atoms with Crippen molar-refractivity contribution in [2.75, 3.05) is 0 Å². The van der Waals surface area contributed by atoms with Crippen LogP contribution in [0.2, 0.25) is 0 Å². The number of allylic oxidation sites excluding steroid dienone is 2. The Hall–Kier alpha value is -0.260. The van der Waals surface area contributed by atoms with Gasteiger partial charge in [-0.15, -0.1) is 0 Å². The summed E-state index contributed by atoms with van der Waals surface area (Å²) in [4.78, 5) is 0. The Balaban J connectivity index is 2.77. The zero-order chi connectivity index (χ0) is 9.41. The summed E-state index contributed by atoms with van der Waals surface area (Å²) in [7, 11) is 0. The Kier molecular flexibility index (Phi) is 2.38. The van der Waals surface area contributed by atoms with Crippen molar-refractivity contribution in [2.45, 2.75) is 47.5 Å². The van der Waals surface area contributed by atoms with Gasteiger partial charge in [-0.1, -0.05) is 46.8 Å². The van der Waals surface area contributed by atoms with Crippen LogP contribution in [0.4, 0.5) is 0 Å². The smallest absolute Gasteiger partial charge is 0.0123 e. The lowest BCUT2D eigenvalue weighted by Gasteiger charge is -2.38. The van der Waals surface area contributed by atoms with Gasteiger partial charge in [0, 0.05) is 0 Å². The third-order valence-electron chi connectivity index (χ3n) is 3.54. The maximum atomic E-state index is 2.43. The van der Waals surface area contributed by atoms with Crippen LogP contribution >= 0.6 is 0 Å². The largest absolute Gasteiger partial charge is 0.0823 e. The molecule has 0 amide bonds. The molecule has 12 heavy (non-hydrogen) atoms. The topological polar surface area (TPSA) is 0 Å². The Morgan fingerprint density at radius 1 is 1.00 bits per heavy atom. The van der Waals surface area contributed by atoms with E-state index in [0.717, 1.165) is 5.92 Å². The molecule has 0 N–H and O–H groups in total. The fourth-order valence-corrected chi connectivity index (χ4v) is 1.66. The van der Waals surface area contributed by atoms with E-state index in [-0.39, 0.29) is 0 Å². The van der Waals surface area contributed by atoms with E-state index in [1.807, 2.05) is 0 Å². The maximum absolute atomic E-state index is 2.43. The summed E-state index contributed by atoms with van der Waals surface area (Å²) >= 11 is 0. The van der Waals surface area contributed by atoms with Crippen molar-refractivity contribution >= 4 is 0 Å². The van der Waals surface area contributed by atoms with Crippen LogP contribution < -0.4 is 0 Å². The number of rotatable bonds is 1. The Bertz CT molecular complexity index is 186. The first-order valence-corrected chi connectivity index (χ1v) is 5.06. The number of hydrogen-bond acceptors (Lipinski definition) is 0. The van der Waals surface area contributed by atoms with Crippen molar-refractivity contribution in [3.05, 3.63) is 12.2 Å². The summed E-state index contributed by atoms with van der Waals surface area (Å²) in [5, 5.41) is 0. The fraction of sp³-hybridized carbons (Fsp3) is 0.833. The van der Waals surface area contributed by atoms with E-state index in [1.54, 1.807) is 0 Å². The minimum atomic E-state index is 0.439. The second kappa shape index (κ2) is 2.90. The average molecular weight is 166 g/mol. The highest BCUT2D eigenvalue weighted by Gasteiger charge is 2.31. The molecule has 0 aliphatic heterocycles. The molecule has 0 aromatic rings. The lowest BCUT2D eigenvalue weighted by molar-refractivity contribution is 0.213. The lowest BCUT2D eigenvalue weighted by Crippen LogP contribution is -2.27. The van der Waals surface area contributed by atoms with Crippen LogP contribution in [-0.2, 0) is 0 Å². The molecule has 0 saturated heterocycles. The molecule has 0 aromatic heterocycles. The molecule has 0 bridgehead atoms. The first kappa shape index (κ1) is 9.83. The summed E-state index contributed by atoms with van der Waals surface area (Å²) in [6.07, 6.45) is 7.50. The van der Waals surface area contributed by atoms with Crippen LogP contribution in [0.25, 0.3) is 0 Å². The molecule has 0 heterocycles. The summed E-state index contributed by atoms with van der Waals surface area (Å²) in [6.45, 7) is 11.7. The molecule has 0 fully saturated rings. The van der Waals surface area contributed by atoms with Gasteiger partial charge in [0.25, 0.3) is 0 Å². The van der Waals surface area contributed by atoms with Crippen molar-refractivity contribution in [2.24, 2.45) is 16.7 Å². The van der Waals surface area contributed by atoms with Gasteiger partial charge in [-0.05, 0) is 29.6 Å². The normalized spacial score (nSPS) is 34.2. The van der Waals surface area contributed by atoms with Crippen LogP contribution in [0.3, 0.4) is 0 Å². The van der Waals surface area contributed by atoms with Gasteiger partial charge in [-0.2, -0.15) is 0 Å². The predicted octanol–water partition coefficient (Wildman–Crippen LogP) is 4.02. The molecule has 0 saturated carbocycles. The van der Waals surface area contributed by atoms with Gasteiger partial charge in [0.15, 0.2) is 0 Å². The molecule has 1 aliphatic rings. The van der Waals surface area contributed by atoms with Gasteiger partial charge in [0.1, 0.15) is 0 Å². The van der Waals surface area contributed by atoms with Gasteiger partial charge in [0.2, 0.25) is 0 Å². The van der Waals surface area contributed by atoms with Gasteiger partial charge in [-0.3, -0.25) is 0 Å². The molecule has 70 valence electrons. The molecule has 1 rings (SSSR count). The summed E-state index contributed by atoms with van der Waals surface area (Å²) in [5.41, 5.74) is 0.893. The van der Waals surface area contributed by atoms with Crippen molar-refractivity contribution in [1.82, 2.24) is 0 Å². The Labute approximate surface area is 77.1 Å². The summed E-state index contributed by atoms with van der Waals surface area (Å²) < 4.78 is 0. The minimum Gasteiger partial charge on any atom is -0.0823 e. The lowest BCUT2D eigenvalue weighted by atomic mass is 9.67. The first-order chi connectivity index (χ1) is 5.36. The number of hydrogen-bond donors (Lipinski definition) is 0. The molecular formula is C12H22. The van der Waals surface area contributed by atoms with Crippen LogP contribution in [-0.4, -0.2) is 0 Å². The van der Waals surface area contributed by atoms with Gasteiger partial charge in [0.05, 0.1) is 0 Å². The fourth-order valence-electron chi connectivity index (χ4n) is 1.66. The Morgan fingerprint density at radius 3 is 1.92 bits per heavy atom. The zero-order valence-electron chi connectivity index (χ0n) is 9.15. The molecule has 0 radical (unpaired) electrons. The van der Waals surface area contributed by atoms with E-state index in [1.165, 1.54) is 12.8 Å². The predicted molar refractivity (Wildman–Crippen MR) is 55.1 cm³/mol. The highest BCUT2D eigenvalue weighted by Crippen LogP contribution is 2.43. The molecule has 0 heteroatoms. The zero-order valence-corrected chi connectivity index (χ0v) is 9.15. The molecule has 0 nitrogen and oxygen atoms in total. The third kappa shape index (κ3) is 1.91. The molecular weight excluding hydrogens is 144 g/mol. The van der Waals surface area contributed by atoms with Gasteiger partial charge < -0.3 is 0 Å². The van der Waals surface area contributed by atoms with Crippen molar-refractivity contribution in [3.63, 3.8) is 0 Å². The van der Waals surface area contributed by atoms with E-state index in [2.05, 4.69) is 46.8 Å². The molecule has 1 unspecified atom stereocenters. The van der Waals surface area contributed by atoms with E-state index < -0.39 is 0 Å². The standard InChI is InChI=1S/C12H22/c1-10(2)12(5)8-6-11(3,4)7-9-12/h6,8,10H,7,9H2,1-5H3. The highest BCUT2D eigenvalue weighted by molar-refractivity contribution is 5.09. The molecule has 1 atom stereocenters. The molecule has 1 aliphatic carbocycles. The summed E-state index contributed by atoms with van der Waals surface area (Å²) in [6, 6.07) is 0. The van der Waals surface area contributed by atoms with E-state index in [9.17, 15) is 0 Å².